The van der Waals surface area contributed by atoms with Gasteiger partial charge in [-0.1, -0.05) is 18.2 Å². The van der Waals surface area contributed by atoms with Crippen LogP contribution in [-0.4, -0.2) is 58.7 Å². The number of hydrogen-bond acceptors (Lipinski definition) is 7. The highest BCUT2D eigenvalue weighted by molar-refractivity contribution is 7.90. The van der Waals surface area contributed by atoms with Crippen LogP contribution in [0, 0.1) is 5.41 Å². The minimum atomic E-state index is -4.81. The van der Waals surface area contributed by atoms with Gasteiger partial charge < -0.3 is 15.0 Å². The number of ether oxygens (including phenoxy) is 1. The van der Waals surface area contributed by atoms with Crippen LogP contribution < -0.4 is 10.1 Å². The Morgan fingerprint density at radius 1 is 1.11 bits per heavy atom. The molecule has 1 heterocycles. The number of halogens is 3. The number of hydrogen-bond donors (Lipinski definition) is 2. The summed E-state index contributed by atoms with van der Waals surface area (Å²) in [5.41, 5.74) is -0.306. The first-order valence-corrected chi connectivity index (χ1v) is 13.5. The number of likely N-dealkylation sites (N-methyl/N-ethyl adjacent to an activating group) is 1. The Bertz CT molecular complexity index is 1360. The van der Waals surface area contributed by atoms with E-state index in [1.807, 2.05) is 19.0 Å². The SMILES string of the molecule is CN(C)CCOc1cccc(N/C(=C\C(=N)C(F)(F)F)c2ccc(-c3cccc(S(C)(=O)=O)c3)s2)c1. The Labute approximate surface area is 212 Å². The monoisotopic (exact) mass is 537 g/mol. The zero-order chi connectivity index (χ0) is 26.5. The maximum atomic E-state index is 13.2. The fourth-order valence-electron chi connectivity index (χ4n) is 3.08. The molecule has 0 saturated carbocycles. The molecule has 0 bridgehead atoms. The zero-order valence-corrected chi connectivity index (χ0v) is 21.5. The van der Waals surface area contributed by atoms with Gasteiger partial charge in [-0.15, -0.1) is 11.3 Å². The molecule has 3 aromatic rings. The summed E-state index contributed by atoms with van der Waals surface area (Å²) in [6, 6.07) is 16.5. The zero-order valence-electron chi connectivity index (χ0n) is 19.9. The van der Waals surface area contributed by atoms with Crippen LogP contribution in [0.25, 0.3) is 16.1 Å². The Balaban J connectivity index is 1.93. The van der Waals surface area contributed by atoms with Crippen molar-refractivity contribution < 1.29 is 26.3 Å². The minimum Gasteiger partial charge on any atom is -0.492 e. The van der Waals surface area contributed by atoms with Crippen molar-refractivity contribution in [2.24, 2.45) is 0 Å². The van der Waals surface area contributed by atoms with Gasteiger partial charge in [0.1, 0.15) is 18.1 Å². The smallest absolute Gasteiger partial charge is 0.432 e. The van der Waals surface area contributed by atoms with Gasteiger partial charge in [0.25, 0.3) is 0 Å². The standard InChI is InChI=1S/C25H26F3N3O3S2/c1-31(2)12-13-34-19-8-5-7-18(15-19)30-21(16-24(29)25(26,27)28)23-11-10-22(35-23)17-6-4-9-20(14-17)36(3,32)33/h4-11,14-16,29-30H,12-13H2,1-3H3/b21-16-,29-24?. The van der Waals surface area contributed by atoms with Crippen LogP contribution >= 0.6 is 11.3 Å². The average molecular weight is 538 g/mol. The van der Waals surface area contributed by atoms with E-state index in [0.717, 1.165) is 12.3 Å². The largest absolute Gasteiger partial charge is 0.492 e. The predicted octanol–water partition coefficient (Wildman–Crippen LogP) is 5.79. The van der Waals surface area contributed by atoms with E-state index in [1.165, 1.54) is 23.5 Å². The molecule has 0 aliphatic heterocycles. The van der Waals surface area contributed by atoms with Crippen LogP contribution in [0.15, 0.2) is 71.6 Å². The Morgan fingerprint density at radius 2 is 1.83 bits per heavy atom. The van der Waals surface area contributed by atoms with Crippen molar-refractivity contribution in [2.45, 2.75) is 11.1 Å². The molecule has 0 aliphatic rings. The molecule has 11 heteroatoms. The van der Waals surface area contributed by atoms with Gasteiger partial charge in [0.05, 0.1) is 15.5 Å². The molecule has 2 aromatic carbocycles. The molecule has 0 saturated heterocycles. The number of benzene rings is 2. The number of allylic oxidation sites excluding steroid dienone is 1. The Hall–Kier alpha value is -3.15. The van der Waals surface area contributed by atoms with Gasteiger partial charge in [0.2, 0.25) is 0 Å². The van der Waals surface area contributed by atoms with Gasteiger partial charge >= 0.3 is 6.18 Å². The lowest BCUT2D eigenvalue weighted by atomic mass is 10.2. The maximum absolute atomic E-state index is 13.2. The molecule has 0 amide bonds. The van der Waals surface area contributed by atoms with E-state index in [9.17, 15) is 21.6 Å². The highest BCUT2D eigenvalue weighted by Crippen LogP contribution is 2.34. The first-order valence-electron chi connectivity index (χ1n) is 10.8. The number of thiophene rings is 1. The molecule has 0 radical (unpaired) electrons. The summed E-state index contributed by atoms with van der Waals surface area (Å²) in [5, 5.41) is 10.5. The lowest BCUT2D eigenvalue weighted by Gasteiger charge is -2.14. The average Bonchev–Trinajstić information content (AvgIpc) is 3.28. The topological polar surface area (TPSA) is 82.5 Å². The second-order valence-electron chi connectivity index (χ2n) is 8.24. The molecular formula is C25H26F3N3O3S2. The van der Waals surface area contributed by atoms with Crippen LogP contribution in [0.2, 0.25) is 0 Å². The van der Waals surface area contributed by atoms with E-state index in [0.29, 0.717) is 39.9 Å². The third kappa shape index (κ3) is 7.67. The van der Waals surface area contributed by atoms with Gasteiger partial charge in [0, 0.05) is 29.4 Å². The molecule has 3 rings (SSSR count). The number of nitrogens with one attached hydrogen (secondary N) is 2. The highest BCUT2D eigenvalue weighted by Gasteiger charge is 2.33. The molecule has 0 fully saturated rings. The summed E-state index contributed by atoms with van der Waals surface area (Å²) in [6.07, 6.45) is -2.96. The van der Waals surface area contributed by atoms with E-state index in [1.54, 1.807) is 48.5 Å². The number of sulfone groups is 1. The Morgan fingerprint density at radius 3 is 2.50 bits per heavy atom. The third-order valence-corrected chi connectivity index (χ3v) is 7.21. The number of anilines is 1. The third-order valence-electron chi connectivity index (χ3n) is 4.93. The van der Waals surface area contributed by atoms with Crippen molar-refractivity contribution in [1.29, 1.82) is 5.41 Å². The first kappa shape index (κ1) is 27.4. The van der Waals surface area contributed by atoms with Crippen molar-refractivity contribution in [3.63, 3.8) is 0 Å². The summed E-state index contributed by atoms with van der Waals surface area (Å²) in [6.45, 7) is 1.14. The van der Waals surface area contributed by atoms with Crippen molar-refractivity contribution >= 4 is 38.3 Å². The van der Waals surface area contributed by atoms with Crippen LogP contribution in [0.4, 0.5) is 18.9 Å². The maximum Gasteiger partial charge on any atom is 0.432 e. The molecule has 192 valence electrons. The van der Waals surface area contributed by atoms with Gasteiger partial charge in [0.15, 0.2) is 9.84 Å². The minimum absolute atomic E-state index is 0.0817. The summed E-state index contributed by atoms with van der Waals surface area (Å²) in [7, 11) is 0.416. The molecule has 0 spiro atoms. The summed E-state index contributed by atoms with van der Waals surface area (Å²) in [5.74, 6) is 0.552. The van der Waals surface area contributed by atoms with E-state index >= 15 is 0 Å². The molecule has 1 aromatic heterocycles. The van der Waals surface area contributed by atoms with E-state index in [-0.39, 0.29) is 10.6 Å². The lowest BCUT2D eigenvalue weighted by Crippen LogP contribution is -2.20. The quantitative estimate of drug-likeness (QED) is 0.320. The predicted molar refractivity (Wildman–Crippen MR) is 139 cm³/mol. The number of rotatable bonds is 10. The number of nitrogens with zero attached hydrogens (tertiary/aromatic N) is 1. The molecule has 0 unspecified atom stereocenters. The lowest BCUT2D eigenvalue weighted by molar-refractivity contribution is -0.0583. The van der Waals surface area contributed by atoms with Crippen molar-refractivity contribution in [3.05, 3.63) is 71.6 Å². The second kappa shape index (κ2) is 11.3. The van der Waals surface area contributed by atoms with Gasteiger partial charge in [-0.05, 0) is 62.1 Å². The van der Waals surface area contributed by atoms with Crippen LogP contribution in [0.3, 0.4) is 0 Å². The number of alkyl halides is 3. The van der Waals surface area contributed by atoms with E-state index < -0.39 is 21.7 Å². The van der Waals surface area contributed by atoms with Crippen LogP contribution in [0.5, 0.6) is 5.75 Å². The van der Waals surface area contributed by atoms with Crippen molar-refractivity contribution in [1.82, 2.24) is 4.90 Å². The fraction of sp³-hybridized carbons (Fsp3) is 0.240. The van der Waals surface area contributed by atoms with Gasteiger partial charge in [-0.25, -0.2) is 8.42 Å². The molecule has 36 heavy (non-hydrogen) atoms. The van der Waals surface area contributed by atoms with Crippen LogP contribution in [0.1, 0.15) is 4.88 Å². The highest BCUT2D eigenvalue weighted by atomic mass is 32.2. The molecule has 6 nitrogen and oxygen atoms in total. The Kier molecular flexibility index (Phi) is 8.59. The molecule has 2 N–H and O–H groups in total. The van der Waals surface area contributed by atoms with E-state index in [4.69, 9.17) is 10.1 Å². The van der Waals surface area contributed by atoms with Crippen LogP contribution in [-0.2, 0) is 9.84 Å². The summed E-state index contributed by atoms with van der Waals surface area (Å²) < 4.78 is 69.1. The fourth-order valence-corrected chi connectivity index (χ4v) is 4.72. The van der Waals surface area contributed by atoms with Gasteiger partial charge in [-0.2, -0.15) is 13.2 Å². The summed E-state index contributed by atoms with van der Waals surface area (Å²) in [4.78, 5) is 3.23. The van der Waals surface area contributed by atoms with Crippen molar-refractivity contribution in [2.75, 3.05) is 38.8 Å². The normalized spacial score (nSPS) is 12.6. The molecule has 0 aliphatic carbocycles. The second-order valence-corrected chi connectivity index (χ2v) is 11.3. The molecular weight excluding hydrogens is 511 g/mol. The molecule has 0 atom stereocenters. The first-order chi connectivity index (χ1) is 16.8. The van der Waals surface area contributed by atoms with Crippen molar-refractivity contribution in [3.8, 4) is 16.2 Å². The van der Waals surface area contributed by atoms with E-state index in [2.05, 4.69) is 5.32 Å². The van der Waals surface area contributed by atoms with Gasteiger partial charge in [-0.3, -0.25) is 5.41 Å². The summed E-state index contributed by atoms with van der Waals surface area (Å²) >= 11 is 1.18.